The van der Waals surface area contributed by atoms with E-state index in [4.69, 9.17) is 9.84 Å². The Kier molecular flexibility index (Phi) is 5.62. The molecule has 2 rings (SSSR count). The second-order valence-corrected chi connectivity index (χ2v) is 5.73. The SMILES string of the molecule is CCCOc1ccc(C(C)N2CCCC2CC(=O)O)cc1. The molecule has 0 saturated carbocycles. The number of rotatable bonds is 7. The van der Waals surface area contributed by atoms with Crippen LogP contribution >= 0.6 is 0 Å². The van der Waals surface area contributed by atoms with Crippen LogP contribution in [0.1, 0.15) is 51.1 Å². The Morgan fingerprint density at radius 1 is 1.43 bits per heavy atom. The fourth-order valence-electron chi connectivity index (χ4n) is 3.04. The lowest BCUT2D eigenvalue weighted by molar-refractivity contribution is -0.138. The fraction of sp³-hybridized carbons (Fsp3) is 0.588. The summed E-state index contributed by atoms with van der Waals surface area (Å²) >= 11 is 0. The monoisotopic (exact) mass is 291 g/mol. The summed E-state index contributed by atoms with van der Waals surface area (Å²) in [6.45, 7) is 5.96. The van der Waals surface area contributed by atoms with Crippen molar-refractivity contribution in [3.63, 3.8) is 0 Å². The van der Waals surface area contributed by atoms with Gasteiger partial charge in [-0.1, -0.05) is 19.1 Å². The number of nitrogens with zero attached hydrogens (tertiary/aromatic N) is 1. The number of carboxylic acid groups (broad SMARTS) is 1. The van der Waals surface area contributed by atoms with E-state index in [1.807, 2.05) is 12.1 Å². The lowest BCUT2D eigenvalue weighted by Crippen LogP contribution is -2.33. The summed E-state index contributed by atoms with van der Waals surface area (Å²) in [5.41, 5.74) is 1.22. The van der Waals surface area contributed by atoms with Crippen molar-refractivity contribution in [2.75, 3.05) is 13.2 Å². The summed E-state index contributed by atoms with van der Waals surface area (Å²) in [6, 6.07) is 8.59. The van der Waals surface area contributed by atoms with Gasteiger partial charge in [0.2, 0.25) is 0 Å². The first-order chi connectivity index (χ1) is 10.1. The van der Waals surface area contributed by atoms with E-state index in [2.05, 4.69) is 30.9 Å². The van der Waals surface area contributed by atoms with Crippen LogP contribution < -0.4 is 4.74 Å². The average molecular weight is 291 g/mol. The molecule has 0 aliphatic carbocycles. The van der Waals surface area contributed by atoms with Crippen molar-refractivity contribution < 1.29 is 14.6 Å². The minimum atomic E-state index is -0.706. The van der Waals surface area contributed by atoms with Gasteiger partial charge in [0.25, 0.3) is 0 Å². The molecular formula is C17H25NO3. The molecule has 1 fully saturated rings. The Morgan fingerprint density at radius 3 is 2.76 bits per heavy atom. The van der Waals surface area contributed by atoms with E-state index < -0.39 is 5.97 Å². The molecule has 4 heteroatoms. The summed E-state index contributed by atoms with van der Waals surface area (Å²) < 4.78 is 5.60. The molecular weight excluding hydrogens is 266 g/mol. The van der Waals surface area contributed by atoms with Gasteiger partial charge < -0.3 is 9.84 Å². The maximum absolute atomic E-state index is 11.0. The highest BCUT2D eigenvalue weighted by atomic mass is 16.5. The van der Waals surface area contributed by atoms with Gasteiger partial charge in [0.1, 0.15) is 5.75 Å². The quantitative estimate of drug-likeness (QED) is 0.835. The van der Waals surface area contributed by atoms with Gasteiger partial charge in [-0.3, -0.25) is 9.69 Å². The Bertz CT molecular complexity index is 458. The number of carboxylic acids is 1. The van der Waals surface area contributed by atoms with Crippen molar-refractivity contribution in [1.82, 2.24) is 4.90 Å². The van der Waals surface area contributed by atoms with Gasteiger partial charge in [0.15, 0.2) is 0 Å². The van der Waals surface area contributed by atoms with Crippen LogP contribution in [0.2, 0.25) is 0 Å². The number of hydrogen-bond donors (Lipinski definition) is 1. The molecule has 1 aliphatic heterocycles. The highest BCUT2D eigenvalue weighted by Gasteiger charge is 2.30. The molecule has 4 nitrogen and oxygen atoms in total. The third-order valence-corrected chi connectivity index (χ3v) is 4.17. The molecule has 1 aromatic carbocycles. The second kappa shape index (κ2) is 7.46. The van der Waals surface area contributed by atoms with Crippen LogP contribution in [-0.2, 0) is 4.79 Å². The van der Waals surface area contributed by atoms with Crippen LogP contribution in [0.3, 0.4) is 0 Å². The predicted octanol–water partition coefficient (Wildman–Crippen LogP) is 3.48. The van der Waals surface area contributed by atoms with Crippen LogP contribution in [0.15, 0.2) is 24.3 Å². The molecule has 1 aliphatic rings. The summed E-state index contributed by atoms with van der Waals surface area (Å²) in [4.78, 5) is 13.3. The van der Waals surface area contributed by atoms with E-state index in [9.17, 15) is 4.79 Å². The van der Waals surface area contributed by atoms with Gasteiger partial charge in [-0.2, -0.15) is 0 Å². The van der Waals surface area contributed by atoms with Crippen LogP contribution in [-0.4, -0.2) is 35.2 Å². The van der Waals surface area contributed by atoms with E-state index in [1.165, 1.54) is 5.56 Å². The maximum atomic E-state index is 11.0. The number of likely N-dealkylation sites (tertiary alicyclic amines) is 1. The maximum Gasteiger partial charge on any atom is 0.304 e. The lowest BCUT2D eigenvalue weighted by Gasteiger charge is -2.30. The molecule has 1 aromatic rings. The van der Waals surface area contributed by atoms with Crippen molar-refractivity contribution in [3.05, 3.63) is 29.8 Å². The summed E-state index contributed by atoms with van der Waals surface area (Å²) in [5, 5.41) is 9.02. The highest BCUT2D eigenvalue weighted by Crippen LogP contribution is 2.31. The van der Waals surface area contributed by atoms with Crippen LogP contribution in [0.25, 0.3) is 0 Å². The molecule has 1 N–H and O–H groups in total. The molecule has 21 heavy (non-hydrogen) atoms. The summed E-state index contributed by atoms with van der Waals surface area (Å²) in [7, 11) is 0. The van der Waals surface area contributed by atoms with Crippen molar-refractivity contribution in [2.45, 2.75) is 51.6 Å². The number of benzene rings is 1. The van der Waals surface area contributed by atoms with E-state index in [-0.39, 0.29) is 18.5 Å². The van der Waals surface area contributed by atoms with Gasteiger partial charge in [-0.15, -0.1) is 0 Å². The fourth-order valence-corrected chi connectivity index (χ4v) is 3.04. The number of aliphatic carboxylic acids is 1. The third-order valence-electron chi connectivity index (χ3n) is 4.17. The molecule has 2 atom stereocenters. The molecule has 0 bridgehead atoms. The average Bonchev–Trinajstić information content (AvgIpc) is 2.92. The molecule has 0 radical (unpaired) electrons. The largest absolute Gasteiger partial charge is 0.494 e. The van der Waals surface area contributed by atoms with Gasteiger partial charge in [0, 0.05) is 12.1 Å². The van der Waals surface area contributed by atoms with Gasteiger partial charge in [-0.25, -0.2) is 0 Å². The van der Waals surface area contributed by atoms with E-state index >= 15 is 0 Å². The minimum Gasteiger partial charge on any atom is -0.494 e. The predicted molar refractivity (Wildman–Crippen MR) is 82.6 cm³/mol. The standard InChI is InChI=1S/C17H25NO3/c1-3-11-21-16-8-6-14(7-9-16)13(2)18-10-4-5-15(18)12-17(19)20/h6-9,13,15H,3-5,10-12H2,1-2H3,(H,19,20). The van der Waals surface area contributed by atoms with Crippen molar-refractivity contribution >= 4 is 5.97 Å². The van der Waals surface area contributed by atoms with Gasteiger partial charge >= 0.3 is 5.97 Å². The Balaban J connectivity index is 2.01. The van der Waals surface area contributed by atoms with E-state index in [1.54, 1.807) is 0 Å². The zero-order valence-corrected chi connectivity index (χ0v) is 12.9. The number of hydrogen-bond acceptors (Lipinski definition) is 3. The summed E-state index contributed by atoms with van der Waals surface area (Å²) in [5.74, 6) is 0.193. The van der Waals surface area contributed by atoms with Crippen LogP contribution in [0.4, 0.5) is 0 Å². The first kappa shape index (κ1) is 15.8. The van der Waals surface area contributed by atoms with E-state index in [0.29, 0.717) is 0 Å². The second-order valence-electron chi connectivity index (χ2n) is 5.73. The molecule has 116 valence electrons. The molecule has 0 amide bonds. The molecule has 0 aromatic heterocycles. The van der Waals surface area contributed by atoms with Crippen molar-refractivity contribution in [2.24, 2.45) is 0 Å². The third kappa shape index (κ3) is 4.21. The first-order valence-electron chi connectivity index (χ1n) is 7.82. The summed E-state index contributed by atoms with van der Waals surface area (Å²) in [6.07, 6.45) is 3.30. The molecule has 1 heterocycles. The van der Waals surface area contributed by atoms with Crippen molar-refractivity contribution in [3.8, 4) is 5.75 Å². The Morgan fingerprint density at radius 2 is 2.14 bits per heavy atom. The normalized spacial score (nSPS) is 20.4. The molecule has 2 unspecified atom stereocenters. The van der Waals surface area contributed by atoms with Gasteiger partial charge in [0.05, 0.1) is 13.0 Å². The van der Waals surface area contributed by atoms with E-state index in [0.717, 1.165) is 38.2 Å². The van der Waals surface area contributed by atoms with Crippen LogP contribution in [0, 0.1) is 0 Å². The Hall–Kier alpha value is -1.55. The zero-order chi connectivity index (χ0) is 15.2. The van der Waals surface area contributed by atoms with Crippen molar-refractivity contribution in [1.29, 1.82) is 0 Å². The lowest BCUT2D eigenvalue weighted by atomic mass is 10.0. The zero-order valence-electron chi connectivity index (χ0n) is 12.9. The number of ether oxygens (including phenoxy) is 1. The number of carbonyl (C=O) groups is 1. The highest BCUT2D eigenvalue weighted by molar-refractivity contribution is 5.67. The Labute approximate surface area is 126 Å². The molecule has 1 saturated heterocycles. The topological polar surface area (TPSA) is 49.8 Å². The first-order valence-corrected chi connectivity index (χ1v) is 7.82. The minimum absolute atomic E-state index is 0.161. The molecule has 0 spiro atoms. The van der Waals surface area contributed by atoms with Gasteiger partial charge in [-0.05, 0) is 50.4 Å². The smallest absolute Gasteiger partial charge is 0.304 e. The van der Waals surface area contributed by atoms with Crippen LogP contribution in [0.5, 0.6) is 5.75 Å².